The van der Waals surface area contributed by atoms with Gasteiger partial charge in [0.2, 0.25) is 5.13 Å². The van der Waals surface area contributed by atoms with Gasteiger partial charge in [-0.25, -0.2) is 4.98 Å². The monoisotopic (exact) mass is 387 g/mol. The van der Waals surface area contributed by atoms with E-state index in [0.717, 1.165) is 22.3 Å². The molecule has 0 fully saturated rings. The minimum atomic E-state index is -4.39. The number of alkyl halides is 3. The van der Waals surface area contributed by atoms with Gasteiger partial charge in [0, 0.05) is 5.56 Å². The molecule has 0 bridgehead atoms. The number of halogens is 3. The Balaban J connectivity index is 1.48. The zero-order valence-electron chi connectivity index (χ0n) is 13.7. The summed E-state index contributed by atoms with van der Waals surface area (Å²) in [6, 6.07) is 16.0. The van der Waals surface area contributed by atoms with Gasteiger partial charge >= 0.3 is 6.18 Å². The summed E-state index contributed by atoms with van der Waals surface area (Å²) in [4.78, 5) is 4.39. The average molecular weight is 387 g/mol. The lowest BCUT2D eigenvalue weighted by molar-refractivity contribution is -0.137. The van der Waals surface area contributed by atoms with Gasteiger partial charge in [0.1, 0.15) is 11.5 Å². The number of para-hydroxylation sites is 1. The summed E-state index contributed by atoms with van der Waals surface area (Å²) in [6.07, 6.45) is -2.95. The minimum absolute atomic E-state index is 0.336. The van der Waals surface area contributed by atoms with Crippen LogP contribution in [0.15, 0.2) is 70.2 Å². The predicted molar refractivity (Wildman–Crippen MR) is 100.0 cm³/mol. The quantitative estimate of drug-likeness (QED) is 0.344. The molecule has 0 aliphatic rings. The van der Waals surface area contributed by atoms with Crippen molar-refractivity contribution in [3.05, 3.63) is 72.0 Å². The normalized spacial score (nSPS) is 12.1. The number of benzene rings is 2. The number of nitrogens with zero attached hydrogens (tertiary/aromatic N) is 2. The standard InChI is InChI=1S/C19H12F3N3OS/c20-19(21,22)13-5-3-4-12(10-13)16-9-8-14(26-16)11-23-25-18-24-15-6-1-2-7-17(15)27-18/h1-11H,(H,24,25)/b23-11+. The molecule has 0 spiro atoms. The van der Waals surface area contributed by atoms with E-state index in [-0.39, 0.29) is 0 Å². The van der Waals surface area contributed by atoms with E-state index in [2.05, 4.69) is 15.5 Å². The van der Waals surface area contributed by atoms with E-state index in [1.165, 1.54) is 23.6 Å². The fourth-order valence-electron chi connectivity index (χ4n) is 2.50. The van der Waals surface area contributed by atoms with Crippen molar-refractivity contribution in [1.29, 1.82) is 0 Å². The highest BCUT2D eigenvalue weighted by Gasteiger charge is 2.30. The van der Waals surface area contributed by atoms with E-state index in [1.807, 2.05) is 24.3 Å². The van der Waals surface area contributed by atoms with Crippen LogP contribution >= 0.6 is 11.3 Å². The Kier molecular flexibility index (Phi) is 4.41. The highest BCUT2D eigenvalue weighted by Crippen LogP contribution is 2.32. The number of nitrogens with one attached hydrogen (secondary N) is 1. The second-order valence-corrected chi connectivity index (χ2v) is 6.67. The highest BCUT2D eigenvalue weighted by atomic mass is 32.1. The topological polar surface area (TPSA) is 50.4 Å². The minimum Gasteiger partial charge on any atom is -0.455 e. The van der Waals surface area contributed by atoms with Crippen LogP contribution in [0.2, 0.25) is 0 Å². The molecule has 0 atom stereocenters. The molecule has 4 rings (SSSR count). The molecule has 136 valence electrons. The summed E-state index contributed by atoms with van der Waals surface area (Å²) in [5.74, 6) is 0.749. The van der Waals surface area contributed by atoms with Crippen molar-refractivity contribution in [1.82, 2.24) is 4.98 Å². The van der Waals surface area contributed by atoms with E-state index in [0.29, 0.717) is 22.2 Å². The SMILES string of the molecule is FC(F)(F)c1cccc(-c2ccc(/C=N/Nc3nc4ccccc4s3)o2)c1. The van der Waals surface area contributed by atoms with Gasteiger partial charge in [-0.15, -0.1) is 0 Å². The fraction of sp³-hybridized carbons (Fsp3) is 0.0526. The summed E-state index contributed by atoms with van der Waals surface area (Å²) in [6.45, 7) is 0. The van der Waals surface area contributed by atoms with Crippen LogP contribution in [0.3, 0.4) is 0 Å². The molecule has 8 heteroatoms. The molecule has 0 saturated carbocycles. The van der Waals surface area contributed by atoms with Crippen LogP contribution < -0.4 is 5.43 Å². The van der Waals surface area contributed by atoms with Crippen molar-refractivity contribution in [3.8, 4) is 11.3 Å². The molecule has 2 aromatic carbocycles. The van der Waals surface area contributed by atoms with E-state index in [4.69, 9.17) is 4.42 Å². The van der Waals surface area contributed by atoms with Crippen LogP contribution in [0.25, 0.3) is 21.5 Å². The van der Waals surface area contributed by atoms with Crippen LogP contribution in [-0.4, -0.2) is 11.2 Å². The van der Waals surface area contributed by atoms with Crippen molar-refractivity contribution in [2.75, 3.05) is 5.43 Å². The smallest absolute Gasteiger partial charge is 0.416 e. The maximum absolute atomic E-state index is 12.8. The van der Waals surface area contributed by atoms with E-state index >= 15 is 0 Å². The molecule has 2 heterocycles. The lowest BCUT2D eigenvalue weighted by atomic mass is 10.1. The number of hydrazone groups is 1. The molecule has 1 N–H and O–H groups in total. The fourth-order valence-corrected chi connectivity index (χ4v) is 3.31. The third-order valence-corrected chi connectivity index (χ3v) is 4.69. The first-order valence-electron chi connectivity index (χ1n) is 7.91. The molecule has 4 aromatic rings. The number of rotatable bonds is 4. The molecule has 4 nitrogen and oxygen atoms in total. The van der Waals surface area contributed by atoms with E-state index in [1.54, 1.807) is 18.2 Å². The van der Waals surface area contributed by atoms with Crippen LogP contribution in [0.4, 0.5) is 18.3 Å². The first kappa shape index (κ1) is 17.3. The highest BCUT2D eigenvalue weighted by molar-refractivity contribution is 7.22. The number of hydrogen-bond donors (Lipinski definition) is 1. The molecule has 0 aliphatic carbocycles. The van der Waals surface area contributed by atoms with Gasteiger partial charge in [0.05, 0.1) is 22.0 Å². The number of anilines is 1. The van der Waals surface area contributed by atoms with Gasteiger partial charge in [-0.1, -0.05) is 35.6 Å². The second kappa shape index (κ2) is 6.88. The Bertz CT molecular complexity index is 1080. The number of hydrogen-bond acceptors (Lipinski definition) is 5. The van der Waals surface area contributed by atoms with Gasteiger partial charge in [-0.3, -0.25) is 5.43 Å². The lowest BCUT2D eigenvalue weighted by Crippen LogP contribution is -2.04. The lowest BCUT2D eigenvalue weighted by Gasteiger charge is -2.07. The third kappa shape index (κ3) is 3.85. The van der Waals surface area contributed by atoms with Gasteiger partial charge in [0.15, 0.2) is 0 Å². The summed E-state index contributed by atoms with van der Waals surface area (Å²) in [5.41, 5.74) is 3.34. The summed E-state index contributed by atoms with van der Waals surface area (Å²) < 4.78 is 45.1. The molecular formula is C19H12F3N3OS. The Morgan fingerprint density at radius 2 is 1.89 bits per heavy atom. The van der Waals surface area contributed by atoms with Crippen LogP contribution in [0.1, 0.15) is 11.3 Å². The average Bonchev–Trinajstić information content (AvgIpc) is 3.27. The van der Waals surface area contributed by atoms with E-state index < -0.39 is 11.7 Å². The molecular weight excluding hydrogens is 375 g/mol. The molecule has 27 heavy (non-hydrogen) atoms. The zero-order chi connectivity index (χ0) is 18.9. The van der Waals surface area contributed by atoms with Crippen molar-refractivity contribution < 1.29 is 17.6 Å². The Morgan fingerprint density at radius 1 is 1.04 bits per heavy atom. The number of thiazole rings is 1. The molecule has 0 radical (unpaired) electrons. The number of furan rings is 1. The molecule has 0 unspecified atom stereocenters. The summed E-state index contributed by atoms with van der Waals surface area (Å²) in [7, 11) is 0. The van der Waals surface area contributed by atoms with Gasteiger partial charge < -0.3 is 4.42 Å². The van der Waals surface area contributed by atoms with Gasteiger partial charge in [-0.2, -0.15) is 18.3 Å². The van der Waals surface area contributed by atoms with Gasteiger partial charge in [0.25, 0.3) is 0 Å². The van der Waals surface area contributed by atoms with Crippen LogP contribution in [0, 0.1) is 0 Å². The Labute approximate surface area is 156 Å². The van der Waals surface area contributed by atoms with Crippen molar-refractivity contribution in [3.63, 3.8) is 0 Å². The number of aromatic nitrogens is 1. The Hall–Kier alpha value is -3.13. The predicted octanol–water partition coefficient (Wildman–Crippen LogP) is 6.02. The largest absolute Gasteiger partial charge is 0.455 e. The molecule has 0 aliphatic heterocycles. The Morgan fingerprint density at radius 3 is 2.70 bits per heavy atom. The maximum atomic E-state index is 12.8. The number of fused-ring (bicyclic) bond motifs is 1. The maximum Gasteiger partial charge on any atom is 0.416 e. The molecule has 0 amide bonds. The zero-order valence-corrected chi connectivity index (χ0v) is 14.5. The van der Waals surface area contributed by atoms with Gasteiger partial charge in [-0.05, 0) is 36.4 Å². The molecule has 2 aromatic heterocycles. The first-order chi connectivity index (χ1) is 13.0. The van der Waals surface area contributed by atoms with E-state index in [9.17, 15) is 13.2 Å². The van der Waals surface area contributed by atoms with Crippen molar-refractivity contribution in [2.45, 2.75) is 6.18 Å². The van der Waals surface area contributed by atoms with Crippen LogP contribution in [0.5, 0.6) is 0 Å². The second-order valence-electron chi connectivity index (χ2n) is 5.64. The first-order valence-corrected chi connectivity index (χ1v) is 8.73. The summed E-state index contributed by atoms with van der Waals surface area (Å²) in [5, 5.41) is 4.71. The van der Waals surface area contributed by atoms with Crippen molar-refractivity contribution >= 4 is 32.9 Å². The van der Waals surface area contributed by atoms with Crippen molar-refractivity contribution in [2.24, 2.45) is 5.10 Å². The molecule has 0 saturated heterocycles. The summed E-state index contributed by atoms with van der Waals surface area (Å²) >= 11 is 1.47. The third-order valence-electron chi connectivity index (χ3n) is 3.75. The van der Waals surface area contributed by atoms with Crippen LogP contribution in [-0.2, 0) is 6.18 Å².